The molecule has 20 heavy (non-hydrogen) atoms. The highest BCUT2D eigenvalue weighted by molar-refractivity contribution is 6.31. The molecule has 0 bridgehead atoms. The lowest BCUT2D eigenvalue weighted by Gasteiger charge is -2.10. The van der Waals surface area contributed by atoms with Gasteiger partial charge in [-0.05, 0) is 36.2 Å². The van der Waals surface area contributed by atoms with Gasteiger partial charge in [-0.15, -0.1) is 0 Å². The van der Waals surface area contributed by atoms with E-state index in [9.17, 15) is 10.1 Å². The number of hydrogen-bond donors (Lipinski definition) is 1. The largest absolute Gasteiger partial charge is 0.457 e. The summed E-state index contributed by atoms with van der Waals surface area (Å²) in [6.45, 7) is 1.64. The van der Waals surface area contributed by atoms with Crippen molar-refractivity contribution < 1.29 is 14.8 Å². The van der Waals surface area contributed by atoms with Crippen LogP contribution in [0, 0.1) is 17.0 Å². The smallest absolute Gasteiger partial charge is 0.273 e. The van der Waals surface area contributed by atoms with E-state index in [0.29, 0.717) is 22.1 Å². The van der Waals surface area contributed by atoms with E-state index in [1.165, 1.54) is 12.1 Å². The minimum absolute atomic E-state index is 0.0383. The first-order valence-corrected chi connectivity index (χ1v) is 6.21. The Morgan fingerprint density at radius 3 is 2.65 bits per heavy atom. The zero-order valence-electron chi connectivity index (χ0n) is 10.7. The lowest BCUT2D eigenvalue weighted by atomic mass is 10.2. The number of hydrogen-bond acceptors (Lipinski definition) is 4. The van der Waals surface area contributed by atoms with Crippen molar-refractivity contribution in [2.75, 3.05) is 0 Å². The maximum absolute atomic E-state index is 10.8. The molecule has 0 saturated heterocycles. The molecule has 0 aliphatic carbocycles. The highest BCUT2D eigenvalue weighted by atomic mass is 35.5. The minimum atomic E-state index is -0.478. The molecule has 6 heteroatoms. The molecule has 2 rings (SSSR count). The summed E-state index contributed by atoms with van der Waals surface area (Å²) in [5.41, 5.74) is 1.33. The zero-order chi connectivity index (χ0) is 14.7. The summed E-state index contributed by atoms with van der Waals surface area (Å²) in [6.07, 6.45) is 0. The molecular weight excluding hydrogens is 282 g/mol. The van der Waals surface area contributed by atoms with Crippen LogP contribution in [0.15, 0.2) is 36.4 Å². The molecule has 0 spiro atoms. The summed E-state index contributed by atoms with van der Waals surface area (Å²) in [5.74, 6) is 0.850. The third-order valence-corrected chi connectivity index (χ3v) is 3.16. The van der Waals surface area contributed by atoms with E-state index in [2.05, 4.69) is 0 Å². The quantitative estimate of drug-likeness (QED) is 0.686. The first kappa shape index (κ1) is 14.3. The number of aliphatic hydroxyl groups excluding tert-OH is 1. The average molecular weight is 294 g/mol. The second kappa shape index (κ2) is 5.90. The average Bonchev–Trinajstić information content (AvgIpc) is 2.41. The van der Waals surface area contributed by atoms with E-state index in [4.69, 9.17) is 21.4 Å². The second-order valence-electron chi connectivity index (χ2n) is 4.22. The van der Waals surface area contributed by atoms with Crippen LogP contribution in [-0.2, 0) is 6.61 Å². The molecule has 0 aromatic heterocycles. The Morgan fingerprint density at radius 2 is 2.05 bits per heavy atom. The summed E-state index contributed by atoms with van der Waals surface area (Å²) >= 11 is 5.97. The second-order valence-corrected chi connectivity index (χ2v) is 4.63. The number of nitro benzene ring substituents is 1. The van der Waals surface area contributed by atoms with Crippen molar-refractivity contribution in [3.05, 3.63) is 62.7 Å². The Balaban J connectivity index is 2.32. The lowest BCUT2D eigenvalue weighted by Crippen LogP contribution is -1.93. The molecule has 0 fully saturated rings. The number of ether oxygens (including phenoxy) is 1. The predicted octanol–water partition coefficient (Wildman–Crippen LogP) is 3.84. The highest BCUT2D eigenvalue weighted by Crippen LogP contribution is 2.31. The molecule has 2 aromatic rings. The van der Waals surface area contributed by atoms with E-state index in [0.717, 1.165) is 5.56 Å². The molecule has 0 aliphatic rings. The summed E-state index contributed by atoms with van der Waals surface area (Å²) < 4.78 is 5.61. The predicted molar refractivity (Wildman–Crippen MR) is 75.3 cm³/mol. The zero-order valence-corrected chi connectivity index (χ0v) is 11.4. The Morgan fingerprint density at radius 1 is 1.30 bits per heavy atom. The van der Waals surface area contributed by atoms with Crippen LogP contribution in [-0.4, -0.2) is 10.0 Å². The molecule has 0 atom stereocenters. The SMILES string of the molecule is Cc1ccc([N+](=O)[O-])cc1Oc1ccc(CO)c(Cl)c1. The Kier molecular flexibility index (Phi) is 4.22. The first-order valence-electron chi connectivity index (χ1n) is 5.83. The number of halogens is 1. The number of aryl methyl sites for hydroxylation is 1. The number of aliphatic hydroxyl groups is 1. The van der Waals surface area contributed by atoms with Gasteiger partial charge in [0.05, 0.1) is 17.6 Å². The van der Waals surface area contributed by atoms with E-state index in [-0.39, 0.29) is 12.3 Å². The Hall–Kier alpha value is -2.11. The van der Waals surface area contributed by atoms with Crippen LogP contribution < -0.4 is 4.74 Å². The number of benzene rings is 2. The van der Waals surface area contributed by atoms with Crippen LogP contribution >= 0.6 is 11.6 Å². The van der Waals surface area contributed by atoms with Crippen molar-refractivity contribution >= 4 is 17.3 Å². The van der Waals surface area contributed by atoms with Gasteiger partial charge in [-0.25, -0.2) is 0 Å². The van der Waals surface area contributed by atoms with Gasteiger partial charge in [0.1, 0.15) is 11.5 Å². The van der Waals surface area contributed by atoms with Gasteiger partial charge in [-0.3, -0.25) is 10.1 Å². The van der Waals surface area contributed by atoms with Crippen LogP contribution in [0.5, 0.6) is 11.5 Å². The van der Waals surface area contributed by atoms with Gasteiger partial charge < -0.3 is 9.84 Å². The van der Waals surface area contributed by atoms with Gasteiger partial charge in [0, 0.05) is 11.1 Å². The van der Waals surface area contributed by atoms with Crippen LogP contribution in [0.3, 0.4) is 0 Å². The molecule has 104 valence electrons. The lowest BCUT2D eigenvalue weighted by molar-refractivity contribution is -0.384. The van der Waals surface area contributed by atoms with Crippen molar-refractivity contribution in [3.63, 3.8) is 0 Å². The summed E-state index contributed by atoms with van der Waals surface area (Å²) in [4.78, 5) is 10.3. The van der Waals surface area contributed by atoms with Gasteiger partial charge in [-0.2, -0.15) is 0 Å². The number of rotatable bonds is 4. The van der Waals surface area contributed by atoms with Gasteiger partial charge >= 0.3 is 0 Å². The van der Waals surface area contributed by atoms with E-state index in [1.54, 1.807) is 31.2 Å². The Labute approximate surface area is 120 Å². The molecule has 0 radical (unpaired) electrons. The number of nitro groups is 1. The summed E-state index contributed by atoms with van der Waals surface area (Å²) in [6, 6.07) is 9.26. The molecule has 5 nitrogen and oxygen atoms in total. The molecule has 1 N–H and O–H groups in total. The fourth-order valence-electron chi connectivity index (χ4n) is 1.66. The molecule has 0 heterocycles. The standard InChI is InChI=1S/C14H12ClNO4/c1-9-2-4-11(16(18)19)6-14(9)20-12-5-3-10(8-17)13(15)7-12/h2-7,17H,8H2,1H3. The first-order chi connectivity index (χ1) is 9.51. The van der Waals surface area contributed by atoms with Gasteiger partial charge in [0.2, 0.25) is 0 Å². The number of non-ortho nitro benzene ring substituents is 1. The molecule has 0 unspecified atom stereocenters. The summed E-state index contributed by atoms with van der Waals surface area (Å²) in [7, 11) is 0. The van der Waals surface area contributed by atoms with Crippen molar-refractivity contribution in [1.29, 1.82) is 0 Å². The van der Waals surface area contributed by atoms with Gasteiger partial charge in [-0.1, -0.05) is 17.7 Å². The van der Waals surface area contributed by atoms with Crippen LogP contribution in [0.2, 0.25) is 5.02 Å². The monoisotopic (exact) mass is 293 g/mol. The van der Waals surface area contributed by atoms with Crippen LogP contribution in [0.4, 0.5) is 5.69 Å². The maximum atomic E-state index is 10.8. The molecule has 0 saturated carbocycles. The van der Waals surface area contributed by atoms with Gasteiger partial charge in [0.15, 0.2) is 0 Å². The van der Waals surface area contributed by atoms with E-state index >= 15 is 0 Å². The fraction of sp³-hybridized carbons (Fsp3) is 0.143. The van der Waals surface area contributed by atoms with Crippen LogP contribution in [0.1, 0.15) is 11.1 Å². The normalized spacial score (nSPS) is 10.3. The molecule has 0 amide bonds. The molecular formula is C14H12ClNO4. The molecule has 0 aliphatic heterocycles. The van der Waals surface area contributed by atoms with Gasteiger partial charge in [0.25, 0.3) is 5.69 Å². The minimum Gasteiger partial charge on any atom is -0.457 e. The number of nitrogens with zero attached hydrogens (tertiary/aromatic N) is 1. The van der Waals surface area contributed by atoms with Crippen molar-refractivity contribution in [3.8, 4) is 11.5 Å². The third-order valence-electron chi connectivity index (χ3n) is 2.81. The van der Waals surface area contributed by atoms with Crippen LogP contribution in [0.25, 0.3) is 0 Å². The van der Waals surface area contributed by atoms with Crippen molar-refractivity contribution in [2.45, 2.75) is 13.5 Å². The van der Waals surface area contributed by atoms with E-state index in [1.807, 2.05) is 0 Å². The third kappa shape index (κ3) is 3.07. The summed E-state index contributed by atoms with van der Waals surface area (Å²) in [5, 5.41) is 20.2. The maximum Gasteiger partial charge on any atom is 0.273 e. The van der Waals surface area contributed by atoms with E-state index < -0.39 is 4.92 Å². The van der Waals surface area contributed by atoms with Crippen molar-refractivity contribution in [2.24, 2.45) is 0 Å². The topological polar surface area (TPSA) is 72.6 Å². The highest BCUT2D eigenvalue weighted by Gasteiger charge is 2.11. The van der Waals surface area contributed by atoms with Crippen molar-refractivity contribution in [1.82, 2.24) is 0 Å². The fourth-order valence-corrected chi connectivity index (χ4v) is 1.89. The molecule has 2 aromatic carbocycles. The Bertz CT molecular complexity index is 658.